The van der Waals surface area contributed by atoms with Crippen LogP contribution in [0.4, 0.5) is 5.69 Å². The zero-order valence-electron chi connectivity index (χ0n) is 15.6. The van der Waals surface area contributed by atoms with Crippen LogP contribution in [0.3, 0.4) is 0 Å². The zero-order chi connectivity index (χ0) is 18.4. The van der Waals surface area contributed by atoms with Crippen molar-refractivity contribution < 1.29 is 4.74 Å². The largest absolute Gasteiger partial charge is 0.379 e. The molecule has 2 saturated heterocycles. The molecule has 0 saturated carbocycles. The number of halogens is 1. The first-order chi connectivity index (χ1) is 12.6. The maximum absolute atomic E-state index is 6.24. The summed E-state index contributed by atoms with van der Waals surface area (Å²) in [5.74, 6) is 1.18. The molecule has 1 aromatic rings. The normalized spacial score (nSPS) is 21.1. The molecule has 0 aromatic heterocycles. The lowest BCUT2D eigenvalue weighted by atomic mass is 10.1. The van der Waals surface area contributed by atoms with Gasteiger partial charge in [-0.3, -0.25) is 9.89 Å². The molecule has 0 amide bonds. The zero-order valence-corrected chi connectivity index (χ0v) is 16.4. The Kier molecular flexibility index (Phi) is 7.00. The maximum atomic E-state index is 6.24. The number of nitrogens with two attached hydrogens (primary N) is 1. The fourth-order valence-corrected chi connectivity index (χ4v) is 3.60. The van der Waals surface area contributed by atoms with Gasteiger partial charge in [-0.2, -0.15) is 0 Å². The van der Waals surface area contributed by atoms with Gasteiger partial charge >= 0.3 is 0 Å². The molecule has 1 unspecified atom stereocenters. The number of piperazine rings is 1. The van der Waals surface area contributed by atoms with Crippen molar-refractivity contribution in [2.45, 2.75) is 6.92 Å². The fraction of sp³-hybridized carbons (Fsp3) is 0.632. The van der Waals surface area contributed by atoms with E-state index in [0.29, 0.717) is 11.9 Å². The molecule has 0 radical (unpaired) electrons. The van der Waals surface area contributed by atoms with Gasteiger partial charge in [0.15, 0.2) is 5.96 Å². The van der Waals surface area contributed by atoms with Gasteiger partial charge in [0.05, 0.1) is 13.2 Å². The molecule has 6 nitrogen and oxygen atoms in total. The number of guanidine groups is 1. The average molecular weight is 380 g/mol. The number of morpholine rings is 1. The van der Waals surface area contributed by atoms with Crippen molar-refractivity contribution in [3.63, 3.8) is 0 Å². The van der Waals surface area contributed by atoms with Crippen molar-refractivity contribution in [1.29, 1.82) is 0 Å². The summed E-state index contributed by atoms with van der Waals surface area (Å²) in [4.78, 5) is 11.6. The topological polar surface area (TPSA) is 57.3 Å². The lowest BCUT2D eigenvalue weighted by molar-refractivity contribution is 0.0323. The van der Waals surface area contributed by atoms with Crippen LogP contribution < -0.4 is 10.6 Å². The van der Waals surface area contributed by atoms with E-state index in [4.69, 9.17) is 22.1 Å². The van der Waals surface area contributed by atoms with Crippen molar-refractivity contribution >= 4 is 23.2 Å². The third-order valence-electron chi connectivity index (χ3n) is 5.03. The molecule has 0 bridgehead atoms. The molecule has 2 aliphatic heterocycles. The summed E-state index contributed by atoms with van der Waals surface area (Å²) < 4.78 is 5.40. The predicted molar refractivity (Wildman–Crippen MR) is 108 cm³/mol. The van der Waals surface area contributed by atoms with Crippen LogP contribution in [0.2, 0.25) is 5.02 Å². The molecule has 0 spiro atoms. The van der Waals surface area contributed by atoms with Gasteiger partial charge in [-0.1, -0.05) is 18.5 Å². The molecular weight excluding hydrogens is 350 g/mol. The van der Waals surface area contributed by atoms with Gasteiger partial charge in [-0.15, -0.1) is 0 Å². The van der Waals surface area contributed by atoms with Crippen LogP contribution in [0.1, 0.15) is 6.92 Å². The summed E-state index contributed by atoms with van der Waals surface area (Å²) in [6.45, 7) is 11.5. The molecule has 144 valence electrons. The number of hydrogen-bond donors (Lipinski definition) is 1. The minimum absolute atomic E-state index is 0.502. The van der Waals surface area contributed by atoms with Crippen molar-refractivity contribution in [2.75, 3.05) is 70.5 Å². The molecule has 0 aliphatic carbocycles. The highest BCUT2D eigenvalue weighted by atomic mass is 35.5. The van der Waals surface area contributed by atoms with E-state index in [2.05, 4.69) is 38.7 Å². The van der Waals surface area contributed by atoms with E-state index in [-0.39, 0.29) is 0 Å². The fourth-order valence-electron chi connectivity index (χ4n) is 3.48. The summed E-state index contributed by atoms with van der Waals surface area (Å²) in [6.07, 6.45) is 0. The Morgan fingerprint density at radius 2 is 1.77 bits per heavy atom. The monoisotopic (exact) mass is 379 g/mol. The van der Waals surface area contributed by atoms with E-state index < -0.39 is 0 Å². The Balaban J connectivity index is 1.42. The maximum Gasteiger partial charge on any atom is 0.191 e. The molecule has 1 atom stereocenters. The van der Waals surface area contributed by atoms with Gasteiger partial charge in [-0.05, 0) is 30.2 Å². The lowest BCUT2D eigenvalue weighted by Gasteiger charge is -2.36. The third-order valence-corrected chi connectivity index (χ3v) is 5.29. The molecule has 3 rings (SSSR count). The Labute approximate surface area is 161 Å². The van der Waals surface area contributed by atoms with Crippen LogP contribution in [0.15, 0.2) is 29.3 Å². The number of rotatable bonds is 5. The minimum Gasteiger partial charge on any atom is -0.379 e. The Hall–Kier alpha value is -1.50. The highest BCUT2D eigenvalue weighted by molar-refractivity contribution is 6.30. The van der Waals surface area contributed by atoms with E-state index >= 15 is 0 Å². The van der Waals surface area contributed by atoms with Gasteiger partial charge in [-0.25, -0.2) is 0 Å². The first-order valence-corrected chi connectivity index (χ1v) is 9.85. The van der Waals surface area contributed by atoms with Gasteiger partial charge in [0.25, 0.3) is 0 Å². The van der Waals surface area contributed by atoms with Crippen LogP contribution in [-0.2, 0) is 4.74 Å². The number of ether oxygens (including phenoxy) is 1. The van der Waals surface area contributed by atoms with Crippen LogP contribution in [0, 0.1) is 5.92 Å². The smallest absolute Gasteiger partial charge is 0.191 e. The lowest BCUT2D eigenvalue weighted by Crippen LogP contribution is -2.51. The van der Waals surface area contributed by atoms with Gasteiger partial charge in [0.2, 0.25) is 0 Å². The number of aliphatic imine (C=N–C) groups is 1. The van der Waals surface area contributed by atoms with Gasteiger partial charge in [0.1, 0.15) is 0 Å². The van der Waals surface area contributed by atoms with E-state index in [9.17, 15) is 0 Å². The second-order valence-electron chi connectivity index (χ2n) is 7.17. The summed E-state index contributed by atoms with van der Waals surface area (Å²) in [5.41, 5.74) is 7.45. The summed E-state index contributed by atoms with van der Waals surface area (Å²) in [6, 6.07) is 8.02. The second kappa shape index (κ2) is 9.44. The highest BCUT2D eigenvalue weighted by Crippen LogP contribution is 2.19. The van der Waals surface area contributed by atoms with E-state index in [1.54, 1.807) is 0 Å². The Bertz CT molecular complexity index is 580. The first kappa shape index (κ1) is 19.3. The van der Waals surface area contributed by atoms with E-state index in [1.165, 1.54) is 5.69 Å². The molecule has 2 N–H and O–H groups in total. The van der Waals surface area contributed by atoms with Gasteiger partial charge in [0, 0.05) is 63.1 Å². The standard InChI is InChI=1S/C19H30ClN5O/c1-16(15-23-10-12-26-13-11-23)14-22-19(21)25-8-6-24(7-9-25)18-4-2-17(20)3-5-18/h2-5,16H,6-15H2,1H3,(H2,21,22). The molecule has 2 aliphatic rings. The van der Waals surface area contributed by atoms with Crippen molar-refractivity contribution in [1.82, 2.24) is 9.80 Å². The SMILES string of the molecule is CC(CN=C(N)N1CCN(c2ccc(Cl)cc2)CC1)CN1CCOCC1. The Morgan fingerprint density at radius 1 is 1.12 bits per heavy atom. The highest BCUT2D eigenvalue weighted by Gasteiger charge is 2.19. The first-order valence-electron chi connectivity index (χ1n) is 9.47. The molecule has 7 heteroatoms. The second-order valence-corrected chi connectivity index (χ2v) is 7.60. The molecule has 26 heavy (non-hydrogen) atoms. The average Bonchev–Trinajstić information content (AvgIpc) is 2.68. The van der Waals surface area contributed by atoms with Gasteiger partial charge < -0.3 is 20.3 Å². The quantitative estimate of drug-likeness (QED) is 0.624. The van der Waals surface area contributed by atoms with Crippen LogP contribution >= 0.6 is 11.6 Å². The van der Waals surface area contributed by atoms with Crippen molar-refractivity contribution in [3.05, 3.63) is 29.3 Å². The van der Waals surface area contributed by atoms with Crippen molar-refractivity contribution in [2.24, 2.45) is 16.6 Å². The number of hydrogen-bond acceptors (Lipinski definition) is 4. The Morgan fingerprint density at radius 3 is 2.42 bits per heavy atom. The summed E-state index contributed by atoms with van der Waals surface area (Å²) in [5, 5.41) is 0.773. The molecule has 2 fully saturated rings. The number of benzene rings is 1. The molecular formula is C19H30ClN5O. The third kappa shape index (κ3) is 5.50. The minimum atomic E-state index is 0.502. The van der Waals surface area contributed by atoms with Crippen LogP contribution in [0.25, 0.3) is 0 Å². The number of nitrogens with zero attached hydrogens (tertiary/aromatic N) is 4. The van der Waals surface area contributed by atoms with E-state index in [0.717, 1.165) is 70.6 Å². The van der Waals surface area contributed by atoms with Crippen LogP contribution in [0.5, 0.6) is 0 Å². The molecule has 2 heterocycles. The number of anilines is 1. The molecule has 1 aromatic carbocycles. The van der Waals surface area contributed by atoms with E-state index in [1.807, 2.05) is 12.1 Å². The summed E-state index contributed by atoms with van der Waals surface area (Å²) >= 11 is 5.97. The van der Waals surface area contributed by atoms with Crippen molar-refractivity contribution in [3.8, 4) is 0 Å². The van der Waals surface area contributed by atoms with Crippen LogP contribution in [-0.4, -0.2) is 81.3 Å². The summed E-state index contributed by atoms with van der Waals surface area (Å²) in [7, 11) is 0. The predicted octanol–water partition coefficient (Wildman–Crippen LogP) is 1.75.